The van der Waals surface area contributed by atoms with Crippen molar-refractivity contribution in [2.45, 2.75) is 32.1 Å². The van der Waals surface area contributed by atoms with Crippen molar-refractivity contribution in [1.29, 1.82) is 5.26 Å². The fraction of sp³-hybridized carbons (Fsp3) is 0.846. The number of nitriles is 1. The number of ether oxygens (including phenoxy) is 1. The Morgan fingerprint density at radius 3 is 2.59 bits per heavy atom. The molecule has 1 saturated carbocycles. The van der Waals surface area contributed by atoms with Gasteiger partial charge in [0.15, 0.2) is 5.41 Å². The molecule has 1 aliphatic carbocycles. The van der Waals surface area contributed by atoms with E-state index in [0.29, 0.717) is 0 Å². The lowest BCUT2D eigenvalue weighted by Gasteiger charge is -2.36. The maximum Gasteiger partial charge on any atom is 0.247 e. The highest BCUT2D eigenvalue weighted by Crippen LogP contribution is 2.30. The monoisotopic (exact) mass is 236 g/mol. The summed E-state index contributed by atoms with van der Waals surface area (Å²) in [6.45, 7) is 1.29. The molecule has 0 atom stereocenters. The van der Waals surface area contributed by atoms with Crippen molar-refractivity contribution in [1.82, 2.24) is 4.90 Å². The molecule has 1 aliphatic heterocycles. The molecule has 4 nitrogen and oxygen atoms in total. The van der Waals surface area contributed by atoms with E-state index in [2.05, 4.69) is 6.07 Å². The highest BCUT2D eigenvalue weighted by Gasteiger charge is 2.48. The van der Waals surface area contributed by atoms with E-state index in [9.17, 15) is 4.79 Å². The molecule has 2 fully saturated rings. The Labute approximate surface area is 103 Å². The Morgan fingerprint density at radius 2 is 2.12 bits per heavy atom. The fourth-order valence-corrected chi connectivity index (χ4v) is 2.68. The van der Waals surface area contributed by atoms with Gasteiger partial charge in [0.1, 0.15) is 0 Å². The second-order valence-corrected chi connectivity index (χ2v) is 5.35. The van der Waals surface area contributed by atoms with Crippen LogP contribution in [-0.2, 0) is 9.53 Å². The number of nitrogens with zero attached hydrogens (tertiary/aromatic N) is 2. The first-order valence-corrected chi connectivity index (χ1v) is 6.42. The minimum Gasteiger partial charge on any atom is -0.377 e. The van der Waals surface area contributed by atoms with Gasteiger partial charge >= 0.3 is 0 Å². The van der Waals surface area contributed by atoms with Crippen molar-refractivity contribution in [3.05, 3.63) is 0 Å². The number of carbonyl (C=O) groups excluding carboxylic acids is 1. The number of carbonyl (C=O) groups is 1. The zero-order valence-corrected chi connectivity index (χ0v) is 10.4. The first-order valence-electron chi connectivity index (χ1n) is 6.42. The van der Waals surface area contributed by atoms with Crippen LogP contribution in [0.4, 0.5) is 0 Å². The van der Waals surface area contributed by atoms with Gasteiger partial charge in [0, 0.05) is 13.6 Å². The van der Waals surface area contributed by atoms with E-state index in [-0.39, 0.29) is 19.1 Å². The summed E-state index contributed by atoms with van der Waals surface area (Å²) in [4.78, 5) is 13.8. The summed E-state index contributed by atoms with van der Waals surface area (Å²) in [5.41, 5.74) is -0.884. The minimum absolute atomic E-state index is 0.0655. The van der Waals surface area contributed by atoms with Crippen molar-refractivity contribution in [3.63, 3.8) is 0 Å². The van der Waals surface area contributed by atoms with Gasteiger partial charge in [-0.1, -0.05) is 25.7 Å². The molecule has 2 aliphatic rings. The van der Waals surface area contributed by atoms with Crippen LogP contribution in [-0.4, -0.2) is 37.6 Å². The van der Waals surface area contributed by atoms with Crippen LogP contribution >= 0.6 is 0 Å². The summed E-state index contributed by atoms with van der Waals surface area (Å²) in [5.74, 6) is 0.713. The normalized spacial score (nSPS) is 22.8. The molecule has 2 rings (SSSR count). The predicted octanol–water partition coefficient (Wildman–Crippen LogP) is 1.57. The smallest absolute Gasteiger partial charge is 0.247 e. The Hall–Kier alpha value is -1.08. The van der Waals surface area contributed by atoms with E-state index in [1.807, 2.05) is 0 Å². The Morgan fingerprint density at radius 1 is 1.47 bits per heavy atom. The quantitative estimate of drug-likeness (QED) is 0.744. The van der Waals surface area contributed by atoms with E-state index in [1.165, 1.54) is 25.7 Å². The number of hydrogen-bond acceptors (Lipinski definition) is 3. The molecular formula is C13H20N2O2. The van der Waals surface area contributed by atoms with Crippen LogP contribution in [0.5, 0.6) is 0 Å². The second-order valence-electron chi connectivity index (χ2n) is 5.35. The van der Waals surface area contributed by atoms with Crippen LogP contribution in [0.3, 0.4) is 0 Å². The molecule has 1 amide bonds. The minimum atomic E-state index is -0.884. The van der Waals surface area contributed by atoms with Crippen LogP contribution in [0, 0.1) is 22.7 Å². The summed E-state index contributed by atoms with van der Waals surface area (Å²) in [7, 11) is 1.80. The van der Waals surface area contributed by atoms with Gasteiger partial charge in [-0.25, -0.2) is 0 Å². The molecule has 4 heteroatoms. The average Bonchev–Trinajstić information content (AvgIpc) is 2.77. The molecule has 1 heterocycles. The van der Waals surface area contributed by atoms with E-state index >= 15 is 0 Å². The molecule has 0 N–H and O–H groups in total. The van der Waals surface area contributed by atoms with Gasteiger partial charge in [0.25, 0.3) is 0 Å². The van der Waals surface area contributed by atoms with Crippen molar-refractivity contribution >= 4 is 5.91 Å². The molecule has 0 spiro atoms. The lowest BCUT2D eigenvalue weighted by Crippen LogP contribution is -2.53. The highest BCUT2D eigenvalue weighted by atomic mass is 16.5. The van der Waals surface area contributed by atoms with Gasteiger partial charge in [-0.15, -0.1) is 0 Å². The second kappa shape index (κ2) is 5.05. The SMILES string of the molecule is CN(CCC1CCCC1)C(=O)C1(C#N)COC1. The molecule has 0 radical (unpaired) electrons. The standard InChI is InChI=1S/C13H20N2O2/c1-15(7-6-11-4-2-3-5-11)12(16)13(8-14)9-17-10-13/h11H,2-7,9-10H2,1H3. The summed E-state index contributed by atoms with van der Waals surface area (Å²) in [5, 5.41) is 9.06. The van der Waals surface area contributed by atoms with Gasteiger partial charge in [-0.05, 0) is 12.3 Å². The summed E-state index contributed by atoms with van der Waals surface area (Å²) in [6.07, 6.45) is 6.34. The molecule has 0 aromatic carbocycles. The predicted molar refractivity (Wildman–Crippen MR) is 63.1 cm³/mol. The third-order valence-electron chi connectivity index (χ3n) is 4.01. The molecule has 0 aromatic rings. The lowest BCUT2D eigenvalue weighted by molar-refractivity contribution is -0.160. The summed E-state index contributed by atoms with van der Waals surface area (Å²) in [6, 6.07) is 2.11. The third-order valence-corrected chi connectivity index (χ3v) is 4.01. The van der Waals surface area contributed by atoms with Crippen molar-refractivity contribution < 1.29 is 9.53 Å². The lowest BCUT2D eigenvalue weighted by atomic mass is 9.86. The Kier molecular flexibility index (Phi) is 3.68. The Bertz CT molecular complexity index is 325. The fourth-order valence-electron chi connectivity index (χ4n) is 2.68. The third kappa shape index (κ3) is 2.44. The summed E-state index contributed by atoms with van der Waals surface area (Å²) >= 11 is 0. The van der Waals surface area contributed by atoms with Crippen molar-refractivity contribution in [3.8, 4) is 6.07 Å². The Balaban J connectivity index is 1.80. The first-order chi connectivity index (χ1) is 8.18. The van der Waals surface area contributed by atoms with Crippen LogP contribution in [0.1, 0.15) is 32.1 Å². The largest absolute Gasteiger partial charge is 0.377 e. The number of hydrogen-bond donors (Lipinski definition) is 0. The zero-order valence-electron chi connectivity index (χ0n) is 10.4. The van der Waals surface area contributed by atoms with Gasteiger partial charge in [-0.3, -0.25) is 4.79 Å². The van der Waals surface area contributed by atoms with E-state index in [1.54, 1.807) is 11.9 Å². The van der Waals surface area contributed by atoms with Crippen molar-refractivity contribution in [2.75, 3.05) is 26.8 Å². The van der Waals surface area contributed by atoms with Crippen molar-refractivity contribution in [2.24, 2.45) is 11.3 Å². The average molecular weight is 236 g/mol. The maximum absolute atomic E-state index is 12.1. The molecular weight excluding hydrogens is 216 g/mol. The van der Waals surface area contributed by atoms with Crippen LogP contribution in [0.2, 0.25) is 0 Å². The molecule has 17 heavy (non-hydrogen) atoms. The highest BCUT2D eigenvalue weighted by molar-refractivity contribution is 5.86. The molecule has 0 bridgehead atoms. The number of rotatable bonds is 4. The van der Waals surface area contributed by atoms with Crippen LogP contribution < -0.4 is 0 Å². The van der Waals surface area contributed by atoms with Gasteiger partial charge in [0.2, 0.25) is 5.91 Å². The molecule has 94 valence electrons. The van der Waals surface area contributed by atoms with E-state index in [4.69, 9.17) is 10.00 Å². The molecule has 1 saturated heterocycles. The van der Waals surface area contributed by atoms with Gasteiger partial charge in [-0.2, -0.15) is 5.26 Å². The maximum atomic E-state index is 12.1. The van der Waals surface area contributed by atoms with Gasteiger partial charge in [0.05, 0.1) is 19.3 Å². The number of amides is 1. The van der Waals surface area contributed by atoms with Crippen LogP contribution in [0.15, 0.2) is 0 Å². The molecule has 0 aromatic heterocycles. The zero-order chi connectivity index (χ0) is 12.3. The van der Waals surface area contributed by atoms with E-state index in [0.717, 1.165) is 18.9 Å². The van der Waals surface area contributed by atoms with Gasteiger partial charge < -0.3 is 9.64 Å². The van der Waals surface area contributed by atoms with Crippen LogP contribution in [0.25, 0.3) is 0 Å². The first kappa shape index (κ1) is 12.4. The van der Waals surface area contributed by atoms with E-state index < -0.39 is 5.41 Å². The molecule has 0 unspecified atom stereocenters. The summed E-state index contributed by atoms with van der Waals surface area (Å²) < 4.78 is 5.01. The topological polar surface area (TPSA) is 53.3 Å².